The van der Waals surface area contributed by atoms with E-state index in [0.717, 1.165) is 36.0 Å². The first-order valence-electron chi connectivity index (χ1n) is 16.2. The van der Waals surface area contributed by atoms with E-state index in [1.807, 2.05) is 79.7 Å². The molecule has 1 N–H and O–H groups in total. The second-order valence-electron chi connectivity index (χ2n) is 11.7. The summed E-state index contributed by atoms with van der Waals surface area (Å²) in [7, 11) is 0. The van der Waals surface area contributed by atoms with Crippen LogP contribution in [0.25, 0.3) is 5.76 Å². The summed E-state index contributed by atoms with van der Waals surface area (Å²) >= 11 is 2.74. The second kappa shape index (κ2) is 16.0. The smallest absolute Gasteiger partial charge is 0.301 e. The van der Waals surface area contributed by atoms with E-state index in [9.17, 15) is 14.7 Å². The lowest BCUT2D eigenvalue weighted by Gasteiger charge is -2.22. The van der Waals surface area contributed by atoms with Gasteiger partial charge in [-0.25, -0.2) is 0 Å². The van der Waals surface area contributed by atoms with E-state index in [4.69, 9.17) is 9.47 Å². The molecule has 1 fully saturated rings. The number of thioether (sulfide) groups is 1. The summed E-state index contributed by atoms with van der Waals surface area (Å²) in [6.45, 7) is 5.17. The predicted octanol–water partition coefficient (Wildman–Crippen LogP) is 8.91. The number of unbranched alkanes of at least 4 members (excludes halogenated alkanes) is 2. The van der Waals surface area contributed by atoms with E-state index < -0.39 is 17.7 Å². The molecule has 4 aromatic carbocycles. The molecule has 0 radical (unpaired) electrons. The average Bonchev–Trinajstić information content (AvgIpc) is 3.70. The molecule has 1 amide bonds. The zero-order chi connectivity index (χ0) is 34.2. The minimum Gasteiger partial charge on any atom is -0.507 e. The summed E-state index contributed by atoms with van der Waals surface area (Å²) in [6.07, 6.45) is 3.14. The van der Waals surface area contributed by atoms with Gasteiger partial charge in [0.2, 0.25) is 5.13 Å². The first-order valence-corrected chi connectivity index (χ1v) is 18.0. The van der Waals surface area contributed by atoms with Crippen molar-refractivity contribution < 1.29 is 24.2 Å². The molecular formula is C39H37N3O5S2. The summed E-state index contributed by atoms with van der Waals surface area (Å²) in [4.78, 5) is 28.8. The average molecular weight is 692 g/mol. The zero-order valence-electron chi connectivity index (χ0n) is 27.4. The number of benzene rings is 4. The van der Waals surface area contributed by atoms with Crippen molar-refractivity contribution in [3.63, 3.8) is 0 Å². The molecule has 5 aromatic rings. The van der Waals surface area contributed by atoms with Gasteiger partial charge >= 0.3 is 5.91 Å². The number of carbonyl (C=O) groups is 2. The van der Waals surface area contributed by atoms with Crippen LogP contribution >= 0.6 is 23.1 Å². The first kappa shape index (κ1) is 34.0. The number of anilines is 1. The van der Waals surface area contributed by atoms with E-state index in [1.165, 1.54) is 28.0 Å². The number of aryl methyl sites for hydroxylation is 1. The van der Waals surface area contributed by atoms with Gasteiger partial charge in [0.05, 0.1) is 18.2 Å². The van der Waals surface area contributed by atoms with Crippen molar-refractivity contribution in [1.82, 2.24) is 10.2 Å². The third kappa shape index (κ3) is 8.21. The van der Waals surface area contributed by atoms with Crippen LogP contribution in [-0.4, -0.2) is 33.6 Å². The van der Waals surface area contributed by atoms with Crippen LogP contribution in [0.3, 0.4) is 0 Å². The third-order valence-electron chi connectivity index (χ3n) is 8.08. The minimum atomic E-state index is -0.925. The largest absolute Gasteiger partial charge is 0.507 e. The molecule has 1 atom stereocenters. The van der Waals surface area contributed by atoms with Crippen LogP contribution in [0.15, 0.2) is 113 Å². The maximum absolute atomic E-state index is 13.7. The Kier molecular flexibility index (Phi) is 11.1. The van der Waals surface area contributed by atoms with Crippen molar-refractivity contribution >= 4 is 45.7 Å². The van der Waals surface area contributed by atoms with Gasteiger partial charge in [0.1, 0.15) is 23.9 Å². The van der Waals surface area contributed by atoms with Crippen molar-refractivity contribution in [2.24, 2.45) is 0 Å². The fourth-order valence-electron chi connectivity index (χ4n) is 5.54. The monoisotopic (exact) mass is 691 g/mol. The number of aliphatic hydroxyl groups is 1. The van der Waals surface area contributed by atoms with Gasteiger partial charge < -0.3 is 14.6 Å². The number of hydrogen-bond donors (Lipinski definition) is 1. The molecule has 1 aliphatic heterocycles. The lowest BCUT2D eigenvalue weighted by Crippen LogP contribution is -2.29. The van der Waals surface area contributed by atoms with E-state index in [-0.39, 0.29) is 16.5 Å². The fraction of sp³-hybridized carbons (Fsp3) is 0.231. The molecular weight excluding hydrogens is 655 g/mol. The Labute approximate surface area is 294 Å². The van der Waals surface area contributed by atoms with Gasteiger partial charge in [-0.15, -0.1) is 10.2 Å². The highest BCUT2D eigenvalue weighted by atomic mass is 32.2. The third-order valence-corrected chi connectivity index (χ3v) is 10.2. The van der Waals surface area contributed by atoms with Gasteiger partial charge in [-0.3, -0.25) is 14.5 Å². The lowest BCUT2D eigenvalue weighted by atomic mass is 9.95. The number of rotatable bonds is 14. The van der Waals surface area contributed by atoms with Crippen LogP contribution in [0, 0.1) is 6.92 Å². The number of carbonyl (C=O) groups excluding carboxylic acids is 2. The van der Waals surface area contributed by atoms with Gasteiger partial charge in [-0.1, -0.05) is 115 Å². The standard InChI is InChI=1S/C39H37N3O5S2/c1-3-4-8-22-46-31-18-14-29(15-19-31)34-33(35(43)30-16-20-32(21-17-30)47-24-28-13-9-10-26(2)23-28)36(44)37(45)42(34)38-40-41-39(49-38)48-25-27-11-6-5-7-12-27/h5-7,9-21,23,34,43H,3-4,8,22,24-25H2,1-2H3/b35-33+. The molecule has 2 heterocycles. The van der Waals surface area contributed by atoms with Crippen molar-refractivity contribution in [2.45, 2.75) is 55.9 Å². The van der Waals surface area contributed by atoms with Gasteiger partial charge in [0.15, 0.2) is 4.34 Å². The summed E-state index contributed by atoms with van der Waals surface area (Å²) in [5.74, 6) is 0.130. The van der Waals surface area contributed by atoms with Crippen LogP contribution < -0.4 is 14.4 Å². The molecule has 0 aliphatic carbocycles. The highest BCUT2D eigenvalue weighted by Crippen LogP contribution is 2.44. The van der Waals surface area contributed by atoms with E-state index >= 15 is 0 Å². The predicted molar refractivity (Wildman–Crippen MR) is 194 cm³/mol. The van der Waals surface area contributed by atoms with Crippen molar-refractivity contribution in [1.29, 1.82) is 0 Å². The number of nitrogens with zero attached hydrogens (tertiary/aromatic N) is 3. The lowest BCUT2D eigenvalue weighted by molar-refractivity contribution is -0.132. The van der Waals surface area contributed by atoms with Gasteiger partial charge in [-0.05, 0) is 66.4 Å². The van der Waals surface area contributed by atoms with E-state index in [1.54, 1.807) is 24.3 Å². The number of Topliss-reactive ketones (excluding diaryl/α,β-unsaturated/α-hetero) is 1. The zero-order valence-corrected chi connectivity index (χ0v) is 29.0. The Morgan fingerprint density at radius 1 is 0.857 bits per heavy atom. The van der Waals surface area contributed by atoms with Crippen LogP contribution in [-0.2, 0) is 21.9 Å². The molecule has 1 aliphatic rings. The molecule has 8 nitrogen and oxygen atoms in total. The molecule has 250 valence electrons. The SMILES string of the molecule is CCCCCOc1ccc(C2/C(=C(\O)c3ccc(OCc4cccc(C)c4)cc3)C(=O)C(=O)N2c2nnc(SCc3ccccc3)s2)cc1. The molecule has 1 unspecified atom stereocenters. The summed E-state index contributed by atoms with van der Waals surface area (Å²) in [5, 5.41) is 20.6. The van der Waals surface area contributed by atoms with Crippen molar-refractivity contribution in [3.05, 3.63) is 137 Å². The van der Waals surface area contributed by atoms with Crippen LogP contribution in [0.1, 0.15) is 60.0 Å². The van der Waals surface area contributed by atoms with E-state index in [2.05, 4.69) is 23.2 Å². The second-order valence-corrected chi connectivity index (χ2v) is 13.9. The molecule has 0 bridgehead atoms. The molecule has 0 spiro atoms. The number of hydrogen-bond acceptors (Lipinski definition) is 9. The Hall–Kier alpha value is -4.93. The maximum atomic E-state index is 13.7. The maximum Gasteiger partial charge on any atom is 0.301 e. The number of aromatic nitrogens is 2. The Morgan fingerprint density at radius 2 is 1.57 bits per heavy atom. The molecule has 1 saturated heterocycles. The summed E-state index contributed by atoms with van der Waals surface area (Å²) in [5.41, 5.74) is 4.32. The molecule has 10 heteroatoms. The Balaban J connectivity index is 1.29. The number of aliphatic hydroxyl groups excluding tert-OH is 1. The quantitative estimate of drug-likeness (QED) is 0.0308. The number of ketones is 1. The van der Waals surface area contributed by atoms with Gasteiger partial charge in [0.25, 0.3) is 5.78 Å². The fourth-order valence-corrected chi connectivity index (χ4v) is 7.37. The molecule has 6 rings (SSSR count). The van der Waals surface area contributed by atoms with Crippen LogP contribution in [0.4, 0.5) is 5.13 Å². The Morgan fingerprint density at radius 3 is 2.31 bits per heavy atom. The highest BCUT2D eigenvalue weighted by molar-refractivity contribution is 8.00. The minimum absolute atomic E-state index is 0.0243. The van der Waals surface area contributed by atoms with Gasteiger partial charge in [-0.2, -0.15) is 0 Å². The normalized spacial score (nSPS) is 15.5. The van der Waals surface area contributed by atoms with Crippen LogP contribution in [0.5, 0.6) is 11.5 Å². The topological polar surface area (TPSA) is 102 Å². The number of ether oxygens (including phenoxy) is 2. The van der Waals surface area contributed by atoms with Crippen molar-refractivity contribution in [2.75, 3.05) is 11.5 Å². The summed E-state index contributed by atoms with van der Waals surface area (Å²) in [6, 6.07) is 31.3. The summed E-state index contributed by atoms with van der Waals surface area (Å²) < 4.78 is 12.5. The number of amides is 1. The Bertz CT molecular complexity index is 1920. The van der Waals surface area contributed by atoms with Crippen molar-refractivity contribution in [3.8, 4) is 11.5 Å². The van der Waals surface area contributed by atoms with E-state index in [0.29, 0.717) is 45.9 Å². The molecule has 0 saturated carbocycles. The first-order chi connectivity index (χ1) is 23.9. The van der Waals surface area contributed by atoms with Gasteiger partial charge in [0, 0.05) is 11.3 Å². The van der Waals surface area contributed by atoms with Crippen LogP contribution in [0.2, 0.25) is 0 Å². The highest BCUT2D eigenvalue weighted by Gasteiger charge is 2.48. The molecule has 49 heavy (non-hydrogen) atoms. The molecule has 1 aromatic heterocycles.